The fourth-order valence-electron chi connectivity index (χ4n) is 2.16. The van der Waals surface area contributed by atoms with Gasteiger partial charge in [0, 0.05) is 12.0 Å². The number of aliphatic hydroxyl groups excluding tert-OH is 1. The molecule has 1 saturated carbocycles. The molecular weight excluding hydrogens is 260 g/mol. The van der Waals surface area contributed by atoms with Crippen LogP contribution in [0, 0.1) is 0 Å². The van der Waals surface area contributed by atoms with Gasteiger partial charge in [0.1, 0.15) is 0 Å². The van der Waals surface area contributed by atoms with Gasteiger partial charge in [0.15, 0.2) is 6.04 Å². The molecule has 0 spiro atoms. The summed E-state index contributed by atoms with van der Waals surface area (Å²) in [6.07, 6.45) is -0.313. The van der Waals surface area contributed by atoms with E-state index in [0.717, 1.165) is 12.0 Å². The summed E-state index contributed by atoms with van der Waals surface area (Å²) in [6, 6.07) is 7.96. The number of aliphatic hydroxyl groups is 1. The summed E-state index contributed by atoms with van der Waals surface area (Å²) in [7, 11) is 0. The van der Waals surface area contributed by atoms with Crippen LogP contribution in [0.25, 0.3) is 0 Å². The highest BCUT2D eigenvalue weighted by molar-refractivity contribution is 5.83. The van der Waals surface area contributed by atoms with E-state index >= 15 is 0 Å². The number of amides is 2. The van der Waals surface area contributed by atoms with Crippen LogP contribution < -0.4 is 10.6 Å². The molecule has 0 heterocycles. The Labute approximate surface area is 116 Å². The second-order valence-corrected chi connectivity index (χ2v) is 5.03. The third-order valence-electron chi connectivity index (χ3n) is 3.37. The van der Waals surface area contributed by atoms with E-state index in [2.05, 4.69) is 10.6 Å². The van der Waals surface area contributed by atoms with E-state index in [4.69, 9.17) is 5.11 Å². The molecule has 2 rings (SSSR count). The van der Waals surface area contributed by atoms with Crippen molar-refractivity contribution < 1.29 is 19.8 Å². The summed E-state index contributed by atoms with van der Waals surface area (Å²) in [5.74, 6) is -0.984. The fourth-order valence-corrected chi connectivity index (χ4v) is 2.16. The van der Waals surface area contributed by atoms with E-state index in [1.54, 1.807) is 0 Å². The predicted molar refractivity (Wildman–Crippen MR) is 72.4 cm³/mol. The molecule has 1 aromatic rings. The minimum atomic E-state index is -1.30. The Balaban J connectivity index is 1.83. The lowest BCUT2D eigenvalue weighted by Gasteiger charge is -2.17. The third kappa shape index (κ3) is 3.48. The monoisotopic (exact) mass is 278 g/mol. The molecule has 0 aromatic heterocycles. The van der Waals surface area contributed by atoms with Crippen molar-refractivity contribution in [3.63, 3.8) is 0 Å². The van der Waals surface area contributed by atoms with Gasteiger partial charge in [-0.2, -0.15) is 0 Å². The SMILES string of the molecule is C[C@@H](O)[C@H](NC(=O)NC1CC1c1ccccc1)C(=O)O. The van der Waals surface area contributed by atoms with Gasteiger partial charge in [0.25, 0.3) is 0 Å². The Morgan fingerprint density at radius 2 is 1.95 bits per heavy atom. The van der Waals surface area contributed by atoms with Crippen LogP contribution in [0.3, 0.4) is 0 Å². The maximum atomic E-state index is 11.7. The van der Waals surface area contributed by atoms with Crippen molar-refractivity contribution in [2.75, 3.05) is 0 Å². The van der Waals surface area contributed by atoms with Gasteiger partial charge in [-0.1, -0.05) is 30.3 Å². The van der Waals surface area contributed by atoms with Gasteiger partial charge >= 0.3 is 12.0 Å². The number of carbonyl (C=O) groups is 2. The second-order valence-electron chi connectivity index (χ2n) is 5.03. The Bertz CT molecular complexity index is 489. The molecule has 108 valence electrons. The number of carboxylic acid groups (broad SMARTS) is 1. The van der Waals surface area contributed by atoms with E-state index in [9.17, 15) is 14.7 Å². The largest absolute Gasteiger partial charge is 0.480 e. The van der Waals surface area contributed by atoms with Gasteiger partial charge in [-0.15, -0.1) is 0 Å². The zero-order valence-electron chi connectivity index (χ0n) is 11.1. The molecule has 2 amide bonds. The fraction of sp³-hybridized carbons (Fsp3) is 0.429. The normalized spacial score (nSPS) is 23.5. The number of benzene rings is 1. The number of urea groups is 1. The van der Waals surface area contributed by atoms with Crippen molar-refractivity contribution in [2.45, 2.75) is 37.5 Å². The lowest BCUT2D eigenvalue weighted by atomic mass is 10.1. The van der Waals surface area contributed by atoms with E-state index in [1.807, 2.05) is 30.3 Å². The van der Waals surface area contributed by atoms with Crippen molar-refractivity contribution in [2.24, 2.45) is 0 Å². The number of aliphatic carboxylic acids is 1. The number of hydrogen-bond donors (Lipinski definition) is 4. The Hall–Kier alpha value is -2.08. The van der Waals surface area contributed by atoms with E-state index in [1.165, 1.54) is 6.92 Å². The molecule has 1 aliphatic rings. The molecule has 2 unspecified atom stereocenters. The molecule has 1 aromatic carbocycles. The van der Waals surface area contributed by atoms with Crippen LogP contribution in [-0.4, -0.2) is 40.4 Å². The van der Waals surface area contributed by atoms with Gasteiger partial charge in [-0.25, -0.2) is 9.59 Å². The smallest absolute Gasteiger partial charge is 0.328 e. The summed E-state index contributed by atoms with van der Waals surface area (Å²) in [4.78, 5) is 22.6. The first kappa shape index (κ1) is 14.3. The Morgan fingerprint density at radius 3 is 2.50 bits per heavy atom. The van der Waals surface area contributed by atoms with Crippen molar-refractivity contribution >= 4 is 12.0 Å². The average Bonchev–Trinajstić information content (AvgIpc) is 3.15. The molecule has 6 heteroatoms. The predicted octanol–water partition coefficient (Wildman–Crippen LogP) is 0.676. The van der Waals surface area contributed by atoms with Gasteiger partial charge < -0.3 is 20.8 Å². The quantitative estimate of drug-likeness (QED) is 0.636. The molecule has 0 bridgehead atoms. The van der Waals surface area contributed by atoms with Crippen LogP contribution in [-0.2, 0) is 4.79 Å². The summed E-state index contributed by atoms with van der Waals surface area (Å²) >= 11 is 0. The maximum Gasteiger partial charge on any atom is 0.328 e. The van der Waals surface area contributed by atoms with Crippen molar-refractivity contribution in [1.82, 2.24) is 10.6 Å². The number of rotatable bonds is 5. The molecule has 20 heavy (non-hydrogen) atoms. The van der Waals surface area contributed by atoms with Crippen molar-refractivity contribution in [3.05, 3.63) is 35.9 Å². The van der Waals surface area contributed by atoms with Crippen LogP contribution in [0.4, 0.5) is 4.79 Å². The third-order valence-corrected chi connectivity index (χ3v) is 3.37. The topological polar surface area (TPSA) is 98.7 Å². The number of hydrogen-bond acceptors (Lipinski definition) is 3. The van der Waals surface area contributed by atoms with E-state index in [-0.39, 0.29) is 12.0 Å². The summed E-state index contributed by atoms with van der Waals surface area (Å²) in [6.45, 7) is 1.32. The molecule has 6 nitrogen and oxygen atoms in total. The van der Waals surface area contributed by atoms with E-state index < -0.39 is 24.1 Å². The lowest BCUT2D eigenvalue weighted by Crippen LogP contribution is -2.51. The molecular formula is C14H18N2O4. The Morgan fingerprint density at radius 1 is 1.30 bits per heavy atom. The van der Waals surface area contributed by atoms with Gasteiger partial charge in [-0.3, -0.25) is 0 Å². The molecule has 1 fully saturated rings. The average molecular weight is 278 g/mol. The van der Waals surface area contributed by atoms with Crippen LogP contribution in [0.2, 0.25) is 0 Å². The molecule has 4 atom stereocenters. The van der Waals surface area contributed by atoms with Gasteiger partial charge in [0.05, 0.1) is 6.10 Å². The highest BCUT2D eigenvalue weighted by Crippen LogP contribution is 2.40. The zero-order valence-corrected chi connectivity index (χ0v) is 11.1. The number of carbonyl (C=O) groups excluding carboxylic acids is 1. The van der Waals surface area contributed by atoms with Crippen LogP contribution in [0.5, 0.6) is 0 Å². The molecule has 4 N–H and O–H groups in total. The summed E-state index contributed by atoms with van der Waals surface area (Å²) < 4.78 is 0. The molecule has 0 saturated heterocycles. The van der Waals surface area contributed by atoms with Crippen LogP contribution >= 0.6 is 0 Å². The van der Waals surface area contributed by atoms with Crippen LogP contribution in [0.15, 0.2) is 30.3 Å². The number of carboxylic acids is 1. The first-order chi connectivity index (χ1) is 9.49. The number of nitrogens with one attached hydrogen (secondary N) is 2. The highest BCUT2D eigenvalue weighted by Gasteiger charge is 2.40. The van der Waals surface area contributed by atoms with E-state index in [0.29, 0.717) is 0 Å². The molecule has 1 aliphatic carbocycles. The minimum Gasteiger partial charge on any atom is -0.480 e. The van der Waals surface area contributed by atoms with Gasteiger partial charge in [-0.05, 0) is 18.9 Å². The zero-order chi connectivity index (χ0) is 14.7. The van der Waals surface area contributed by atoms with Gasteiger partial charge in [0.2, 0.25) is 0 Å². The molecule has 0 radical (unpaired) electrons. The molecule has 0 aliphatic heterocycles. The Kier molecular flexibility index (Phi) is 4.24. The van der Waals surface area contributed by atoms with Crippen molar-refractivity contribution in [3.8, 4) is 0 Å². The standard InChI is InChI=1S/C14H18N2O4/c1-8(17)12(13(18)19)16-14(20)15-11-7-10(11)9-5-3-2-4-6-9/h2-6,8,10-12,17H,7H2,1H3,(H,18,19)(H2,15,16,20)/t8-,10?,11?,12+/m1/s1. The first-order valence-electron chi connectivity index (χ1n) is 6.52. The highest BCUT2D eigenvalue weighted by atomic mass is 16.4. The minimum absolute atomic E-state index is 0.0147. The summed E-state index contributed by atoms with van der Waals surface area (Å²) in [5.41, 5.74) is 1.16. The van der Waals surface area contributed by atoms with Crippen molar-refractivity contribution in [1.29, 1.82) is 0 Å². The maximum absolute atomic E-state index is 11.7. The second kappa shape index (κ2) is 5.92. The van der Waals surface area contributed by atoms with Crippen LogP contribution in [0.1, 0.15) is 24.8 Å². The first-order valence-corrected chi connectivity index (χ1v) is 6.52. The summed E-state index contributed by atoms with van der Waals surface area (Å²) in [5, 5.41) is 23.1. The lowest BCUT2D eigenvalue weighted by molar-refractivity contribution is -0.141.